The minimum Gasteiger partial charge on any atom is -0.490 e. The third-order valence-electron chi connectivity index (χ3n) is 5.76. The minimum absolute atomic E-state index is 0.288. The normalized spacial score (nSPS) is 18.2. The monoisotopic (exact) mass is 420 g/mol. The van der Waals surface area contributed by atoms with Crippen LogP contribution in [0.1, 0.15) is 49.3 Å². The SMILES string of the molecule is C=C/C=C(\C(=C/C)C1(OCc2cc(C)ccc2Cl)CC1)c1ccccc1OC1CC1. The summed E-state index contributed by atoms with van der Waals surface area (Å²) in [6.45, 7) is 8.62. The summed E-state index contributed by atoms with van der Waals surface area (Å²) in [7, 11) is 0. The lowest BCUT2D eigenvalue weighted by molar-refractivity contribution is 0.0486. The number of ether oxygens (including phenoxy) is 2. The zero-order valence-electron chi connectivity index (χ0n) is 17.8. The van der Waals surface area contributed by atoms with Crippen molar-refractivity contribution in [3.63, 3.8) is 0 Å². The van der Waals surface area contributed by atoms with Gasteiger partial charge in [-0.25, -0.2) is 0 Å². The van der Waals surface area contributed by atoms with E-state index in [2.05, 4.69) is 56.8 Å². The minimum atomic E-state index is -0.288. The first-order valence-electron chi connectivity index (χ1n) is 10.7. The predicted molar refractivity (Wildman–Crippen MR) is 125 cm³/mol. The maximum absolute atomic E-state index is 6.53. The van der Waals surface area contributed by atoms with E-state index in [0.29, 0.717) is 12.7 Å². The highest BCUT2D eigenvalue weighted by Crippen LogP contribution is 2.52. The van der Waals surface area contributed by atoms with Gasteiger partial charge in [0.15, 0.2) is 0 Å². The van der Waals surface area contributed by atoms with Gasteiger partial charge >= 0.3 is 0 Å². The van der Waals surface area contributed by atoms with Crippen molar-refractivity contribution < 1.29 is 9.47 Å². The second-order valence-corrected chi connectivity index (χ2v) is 8.62. The second kappa shape index (κ2) is 8.83. The third kappa shape index (κ3) is 4.55. The number of halogens is 1. The van der Waals surface area contributed by atoms with Gasteiger partial charge in [0.2, 0.25) is 0 Å². The van der Waals surface area contributed by atoms with E-state index in [1.807, 2.05) is 24.3 Å². The highest BCUT2D eigenvalue weighted by atomic mass is 35.5. The van der Waals surface area contributed by atoms with E-state index >= 15 is 0 Å². The molecule has 2 saturated carbocycles. The summed E-state index contributed by atoms with van der Waals surface area (Å²) in [5.74, 6) is 0.935. The summed E-state index contributed by atoms with van der Waals surface area (Å²) in [5.41, 5.74) is 5.34. The summed E-state index contributed by atoms with van der Waals surface area (Å²) < 4.78 is 12.7. The molecule has 0 spiro atoms. The summed E-state index contributed by atoms with van der Waals surface area (Å²) in [6.07, 6.45) is 10.7. The van der Waals surface area contributed by atoms with E-state index in [-0.39, 0.29) is 5.60 Å². The van der Waals surface area contributed by atoms with Crippen molar-refractivity contribution in [3.05, 3.63) is 94.6 Å². The predicted octanol–water partition coefficient (Wildman–Crippen LogP) is 7.45. The Hall–Kier alpha value is -2.29. The van der Waals surface area contributed by atoms with Crippen molar-refractivity contribution in [2.24, 2.45) is 0 Å². The highest BCUT2D eigenvalue weighted by Gasteiger charge is 2.48. The van der Waals surface area contributed by atoms with Crippen LogP contribution < -0.4 is 4.74 Å². The van der Waals surface area contributed by atoms with Crippen LogP contribution in [0, 0.1) is 6.92 Å². The number of allylic oxidation sites excluding steroid dienone is 3. The fourth-order valence-electron chi connectivity index (χ4n) is 3.90. The van der Waals surface area contributed by atoms with Gasteiger partial charge in [-0.1, -0.05) is 72.3 Å². The van der Waals surface area contributed by atoms with Crippen LogP contribution in [-0.4, -0.2) is 11.7 Å². The molecule has 2 aromatic carbocycles. The topological polar surface area (TPSA) is 18.5 Å². The largest absolute Gasteiger partial charge is 0.490 e. The Balaban J connectivity index is 1.62. The summed E-state index contributed by atoms with van der Waals surface area (Å²) in [5, 5.41) is 0.753. The van der Waals surface area contributed by atoms with Gasteiger partial charge in [0.25, 0.3) is 0 Å². The van der Waals surface area contributed by atoms with Gasteiger partial charge < -0.3 is 9.47 Å². The van der Waals surface area contributed by atoms with E-state index in [1.165, 1.54) is 11.1 Å². The van der Waals surface area contributed by atoms with Crippen LogP contribution in [-0.2, 0) is 11.3 Å². The van der Waals surface area contributed by atoms with Crippen LogP contribution in [0.15, 0.2) is 72.8 Å². The van der Waals surface area contributed by atoms with E-state index in [1.54, 1.807) is 0 Å². The molecule has 0 bridgehead atoms. The molecule has 0 atom stereocenters. The maximum Gasteiger partial charge on any atom is 0.127 e. The van der Waals surface area contributed by atoms with Gasteiger partial charge in [0.05, 0.1) is 18.3 Å². The molecule has 0 aliphatic heterocycles. The highest BCUT2D eigenvalue weighted by molar-refractivity contribution is 6.31. The number of aryl methyl sites for hydroxylation is 1. The van der Waals surface area contributed by atoms with E-state index in [9.17, 15) is 0 Å². The van der Waals surface area contributed by atoms with Gasteiger partial charge in [0.1, 0.15) is 5.75 Å². The molecule has 156 valence electrons. The van der Waals surface area contributed by atoms with Gasteiger partial charge in [-0.3, -0.25) is 0 Å². The summed E-state index contributed by atoms with van der Waals surface area (Å²) in [6, 6.07) is 14.4. The molecule has 2 aliphatic rings. The Morgan fingerprint density at radius 2 is 1.97 bits per heavy atom. The zero-order chi connectivity index (χ0) is 21.1. The molecule has 2 aliphatic carbocycles. The Bertz CT molecular complexity index is 994. The van der Waals surface area contributed by atoms with Crippen LogP contribution >= 0.6 is 11.6 Å². The van der Waals surface area contributed by atoms with Gasteiger partial charge in [-0.2, -0.15) is 0 Å². The van der Waals surface area contributed by atoms with Crippen molar-refractivity contribution in [2.75, 3.05) is 0 Å². The van der Waals surface area contributed by atoms with Crippen molar-refractivity contribution in [1.29, 1.82) is 0 Å². The van der Waals surface area contributed by atoms with Crippen molar-refractivity contribution in [3.8, 4) is 5.75 Å². The van der Waals surface area contributed by atoms with Crippen molar-refractivity contribution in [2.45, 2.75) is 57.8 Å². The fraction of sp³-hybridized carbons (Fsp3) is 0.333. The first-order valence-corrected chi connectivity index (χ1v) is 11.1. The Morgan fingerprint density at radius 1 is 1.20 bits per heavy atom. The smallest absolute Gasteiger partial charge is 0.127 e. The molecule has 0 saturated heterocycles. The Labute approximate surface area is 184 Å². The quantitative estimate of drug-likeness (QED) is 0.392. The molecule has 0 heterocycles. The number of hydrogen-bond acceptors (Lipinski definition) is 2. The lowest BCUT2D eigenvalue weighted by Gasteiger charge is -2.24. The second-order valence-electron chi connectivity index (χ2n) is 8.21. The molecule has 3 heteroatoms. The van der Waals surface area contributed by atoms with Crippen LogP contribution in [0.4, 0.5) is 0 Å². The third-order valence-corrected chi connectivity index (χ3v) is 6.13. The Morgan fingerprint density at radius 3 is 2.63 bits per heavy atom. The molecular weight excluding hydrogens is 392 g/mol. The average Bonchev–Trinajstić information content (AvgIpc) is 3.67. The molecule has 2 aromatic rings. The van der Waals surface area contributed by atoms with Crippen LogP contribution in [0.2, 0.25) is 5.02 Å². The van der Waals surface area contributed by atoms with E-state index < -0.39 is 0 Å². The molecular formula is C27H29ClO2. The molecule has 0 amide bonds. The molecule has 0 unspecified atom stereocenters. The first kappa shape index (κ1) is 21.0. The van der Waals surface area contributed by atoms with Gasteiger partial charge in [-0.15, -0.1) is 0 Å². The summed E-state index contributed by atoms with van der Waals surface area (Å²) >= 11 is 6.41. The first-order chi connectivity index (χ1) is 14.6. The van der Waals surface area contributed by atoms with Crippen LogP contribution in [0.3, 0.4) is 0 Å². The maximum atomic E-state index is 6.53. The average molecular weight is 421 g/mol. The lowest BCUT2D eigenvalue weighted by Crippen LogP contribution is -2.19. The fourth-order valence-corrected chi connectivity index (χ4v) is 4.07. The zero-order valence-corrected chi connectivity index (χ0v) is 18.5. The van der Waals surface area contributed by atoms with E-state index in [0.717, 1.165) is 53.2 Å². The molecule has 0 radical (unpaired) electrons. The lowest BCUT2D eigenvalue weighted by atomic mass is 9.91. The van der Waals surface area contributed by atoms with E-state index in [4.69, 9.17) is 21.1 Å². The standard InChI is InChI=1S/C27H29ClO2/c1-4-8-22(23-9-6-7-10-26(23)30-21-12-13-21)24(5-2)27(15-16-27)29-18-20-17-19(3)11-14-25(20)28/h4-11,14,17,21H,1,12-13,15-16,18H2,2-3H3/b22-8-,24-5+. The molecule has 30 heavy (non-hydrogen) atoms. The molecule has 0 aromatic heterocycles. The van der Waals surface area contributed by atoms with Gasteiger partial charge in [0, 0.05) is 10.6 Å². The molecule has 2 nitrogen and oxygen atoms in total. The number of rotatable bonds is 9. The number of hydrogen-bond donors (Lipinski definition) is 0. The number of benzene rings is 2. The number of para-hydroxylation sites is 1. The summed E-state index contributed by atoms with van der Waals surface area (Å²) in [4.78, 5) is 0. The molecule has 4 rings (SSSR count). The van der Waals surface area contributed by atoms with Crippen LogP contribution in [0.5, 0.6) is 5.75 Å². The molecule has 2 fully saturated rings. The van der Waals surface area contributed by atoms with Gasteiger partial charge in [-0.05, 0) is 68.4 Å². The van der Waals surface area contributed by atoms with Crippen molar-refractivity contribution >= 4 is 17.2 Å². The van der Waals surface area contributed by atoms with Crippen LogP contribution in [0.25, 0.3) is 5.57 Å². The molecule has 0 N–H and O–H groups in total. The van der Waals surface area contributed by atoms with Crippen molar-refractivity contribution in [1.82, 2.24) is 0 Å². The Kier molecular flexibility index (Phi) is 6.17.